The Labute approximate surface area is 272 Å². The number of carbonyl (C=O) groups excluding carboxylic acids is 2. The number of benzene rings is 4. The van der Waals surface area contributed by atoms with Gasteiger partial charge in [0.05, 0.1) is 23.8 Å². The molecule has 0 aliphatic carbocycles. The minimum absolute atomic E-state index is 0.0231. The maximum atomic E-state index is 15.0. The standard InChI is InChI=1S/C36H32F5N3O4/c1-43(2)17-16-20-14-15-29-25(18-20)32(36(39,40)41)30(34(46)44(29)3)24-11-6-9-22-21(8-5-10-23(22)24)19-28(35(47)48-4)42-33(45)31-26(37)12-7-13-27(31)38/h5-15,18,28H,16-17,19H2,1-4H3,(H,42,45)/t28-/m0/s1. The van der Waals surface area contributed by atoms with Crippen molar-refractivity contribution in [3.63, 3.8) is 0 Å². The zero-order valence-corrected chi connectivity index (χ0v) is 26.5. The third kappa shape index (κ3) is 6.66. The Morgan fingerprint density at radius 1 is 0.917 bits per heavy atom. The van der Waals surface area contributed by atoms with Crippen LogP contribution >= 0.6 is 0 Å². The highest BCUT2D eigenvalue weighted by molar-refractivity contribution is 6.02. The molecule has 0 spiro atoms. The molecule has 7 nitrogen and oxygen atoms in total. The summed E-state index contributed by atoms with van der Waals surface area (Å²) in [6.45, 7) is 0.611. The highest BCUT2D eigenvalue weighted by Crippen LogP contribution is 2.42. The van der Waals surface area contributed by atoms with Crippen molar-refractivity contribution in [1.29, 1.82) is 0 Å². The number of ether oxygens (including phenoxy) is 1. The van der Waals surface area contributed by atoms with Gasteiger partial charge in [0.1, 0.15) is 23.2 Å². The van der Waals surface area contributed by atoms with Crippen LogP contribution < -0.4 is 10.9 Å². The topological polar surface area (TPSA) is 80.6 Å². The van der Waals surface area contributed by atoms with Crippen molar-refractivity contribution in [3.8, 4) is 11.1 Å². The van der Waals surface area contributed by atoms with Gasteiger partial charge in [-0.05, 0) is 72.2 Å². The molecule has 0 bridgehead atoms. The fraction of sp³-hybridized carbons (Fsp3) is 0.250. The number of alkyl halides is 3. The Kier molecular flexibility index (Phi) is 9.67. The number of methoxy groups -OCH3 is 1. The number of esters is 1. The van der Waals surface area contributed by atoms with E-state index >= 15 is 13.2 Å². The second-order valence-electron chi connectivity index (χ2n) is 11.7. The molecule has 48 heavy (non-hydrogen) atoms. The van der Waals surface area contributed by atoms with E-state index < -0.39 is 58.0 Å². The fourth-order valence-corrected chi connectivity index (χ4v) is 5.92. The lowest BCUT2D eigenvalue weighted by molar-refractivity contribution is -0.142. The van der Waals surface area contributed by atoms with E-state index in [9.17, 15) is 23.2 Å². The number of aryl methyl sites for hydroxylation is 1. The number of pyridine rings is 1. The van der Waals surface area contributed by atoms with Crippen LogP contribution in [0.15, 0.2) is 77.6 Å². The van der Waals surface area contributed by atoms with Gasteiger partial charge < -0.3 is 19.5 Å². The van der Waals surface area contributed by atoms with Gasteiger partial charge in [0.2, 0.25) is 0 Å². The van der Waals surface area contributed by atoms with Gasteiger partial charge >= 0.3 is 12.1 Å². The van der Waals surface area contributed by atoms with Crippen LogP contribution in [0.3, 0.4) is 0 Å². The van der Waals surface area contributed by atoms with E-state index in [0.29, 0.717) is 29.5 Å². The molecular weight excluding hydrogens is 633 g/mol. The van der Waals surface area contributed by atoms with Crippen LogP contribution in [0.5, 0.6) is 0 Å². The molecule has 0 aliphatic rings. The molecular formula is C36H32F5N3O4. The smallest absolute Gasteiger partial charge is 0.417 e. The molecule has 0 saturated heterocycles. The van der Waals surface area contributed by atoms with Crippen molar-refractivity contribution in [2.45, 2.75) is 25.1 Å². The number of nitrogens with zero attached hydrogens (tertiary/aromatic N) is 2. The number of halogens is 5. The highest BCUT2D eigenvalue weighted by atomic mass is 19.4. The molecule has 1 heterocycles. The van der Waals surface area contributed by atoms with E-state index in [0.717, 1.165) is 25.3 Å². The van der Waals surface area contributed by atoms with Crippen LogP contribution in [-0.4, -0.2) is 55.1 Å². The Morgan fingerprint density at radius 2 is 1.56 bits per heavy atom. The average molecular weight is 666 g/mol. The first kappa shape index (κ1) is 34.2. The molecule has 0 unspecified atom stereocenters. The Morgan fingerprint density at radius 3 is 2.21 bits per heavy atom. The van der Waals surface area contributed by atoms with Gasteiger partial charge in [0.15, 0.2) is 0 Å². The largest absolute Gasteiger partial charge is 0.467 e. The molecule has 0 saturated carbocycles. The van der Waals surface area contributed by atoms with E-state index in [4.69, 9.17) is 4.74 Å². The van der Waals surface area contributed by atoms with Crippen LogP contribution in [0, 0.1) is 11.6 Å². The second kappa shape index (κ2) is 13.6. The van der Waals surface area contributed by atoms with E-state index in [1.807, 2.05) is 19.0 Å². The summed E-state index contributed by atoms with van der Waals surface area (Å²) < 4.78 is 79.7. The van der Waals surface area contributed by atoms with Gasteiger partial charge in [0, 0.05) is 25.4 Å². The average Bonchev–Trinajstić information content (AvgIpc) is 3.03. The maximum absolute atomic E-state index is 15.0. The summed E-state index contributed by atoms with van der Waals surface area (Å²) in [4.78, 5) is 41.3. The van der Waals surface area contributed by atoms with Crippen molar-refractivity contribution >= 4 is 33.6 Å². The molecule has 1 amide bonds. The number of nitrogens with one attached hydrogen (secondary N) is 1. The van der Waals surface area contributed by atoms with Gasteiger partial charge in [-0.15, -0.1) is 0 Å². The first-order valence-electron chi connectivity index (χ1n) is 14.9. The summed E-state index contributed by atoms with van der Waals surface area (Å²) in [5.41, 5.74) is -2.09. The second-order valence-corrected chi connectivity index (χ2v) is 11.7. The van der Waals surface area contributed by atoms with Gasteiger partial charge in [-0.25, -0.2) is 13.6 Å². The minimum Gasteiger partial charge on any atom is -0.467 e. The molecule has 0 fully saturated rings. The number of hydrogen-bond acceptors (Lipinski definition) is 5. The lowest BCUT2D eigenvalue weighted by atomic mass is 9.90. The Balaban J connectivity index is 1.66. The molecule has 250 valence electrons. The summed E-state index contributed by atoms with van der Waals surface area (Å²) in [5.74, 6) is -4.37. The quantitative estimate of drug-likeness (QED) is 0.148. The van der Waals surface area contributed by atoms with Gasteiger partial charge in [-0.1, -0.05) is 48.5 Å². The molecule has 4 aromatic carbocycles. The zero-order valence-electron chi connectivity index (χ0n) is 26.5. The highest BCUT2D eigenvalue weighted by Gasteiger charge is 2.38. The number of fused-ring (bicyclic) bond motifs is 2. The molecule has 5 aromatic rings. The lowest BCUT2D eigenvalue weighted by Gasteiger charge is -2.21. The number of carbonyl (C=O) groups is 2. The van der Waals surface area contributed by atoms with Crippen LogP contribution in [0.4, 0.5) is 22.0 Å². The number of aromatic nitrogens is 1. The summed E-state index contributed by atoms with van der Waals surface area (Å²) in [6, 6.07) is 15.4. The minimum atomic E-state index is -4.90. The maximum Gasteiger partial charge on any atom is 0.417 e. The van der Waals surface area contributed by atoms with E-state index in [2.05, 4.69) is 5.32 Å². The number of rotatable bonds is 9. The van der Waals surface area contributed by atoms with E-state index in [1.165, 1.54) is 35.9 Å². The predicted octanol–water partition coefficient (Wildman–Crippen LogP) is 6.27. The molecule has 1 atom stereocenters. The lowest BCUT2D eigenvalue weighted by Crippen LogP contribution is -2.43. The summed E-state index contributed by atoms with van der Waals surface area (Å²) in [6.07, 6.45) is -4.65. The first-order valence-corrected chi connectivity index (χ1v) is 14.9. The van der Waals surface area contributed by atoms with Crippen LogP contribution in [-0.2, 0) is 35.6 Å². The van der Waals surface area contributed by atoms with Crippen LogP contribution in [0.1, 0.15) is 27.0 Å². The number of amides is 1. The molecule has 0 aliphatic heterocycles. The third-order valence-corrected chi connectivity index (χ3v) is 8.28. The Bertz CT molecular complexity index is 2090. The first-order chi connectivity index (χ1) is 22.7. The molecule has 1 N–H and O–H groups in total. The van der Waals surface area contributed by atoms with Crippen molar-refractivity contribution in [2.75, 3.05) is 27.7 Å². The SMILES string of the molecule is COC(=O)[C@H](Cc1cccc2c(-c3c(C(F)(F)F)c4cc(CCN(C)C)ccc4n(C)c3=O)cccc12)NC(=O)c1c(F)cccc1F. The van der Waals surface area contributed by atoms with Gasteiger partial charge in [-0.3, -0.25) is 9.59 Å². The van der Waals surface area contributed by atoms with E-state index in [1.54, 1.807) is 30.3 Å². The van der Waals surface area contributed by atoms with Gasteiger partial charge in [-0.2, -0.15) is 13.2 Å². The predicted molar refractivity (Wildman–Crippen MR) is 173 cm³/mol. The number of hydrogen-bond donors (Lipinski definition) is 1. The normalized spacial score (nSPS) is 12.5. The molecule has 12 heteroatoms. The zero-order chi connectivity index (χ0) is 34.9. The molecule has 1 aromatic heterocycles. The molecule has 5 rings (SSSR count). The summed E-state index contributed by atoms with van der Waals surface area (Å²) >= 11 is 0. The van der Waals surface area contributed by atoms with Crippen LogP contribution in [0.25, 0.3) is 32.8 Å². The number of likely N-dealkylation sites (N-methyl/N-ethyl adjacent to an activating group) is 1. The van der Waals surface area contributed by atoms with Crippen molar-refractivity contribution in [3.05, 3.63) is 117 Å². The van der Waals surface area contributed by atoms with E-state index in [-0.39, 0.29) is 28.3 Å². The van der Waals surface area contributed by atoms with Crippen molar-refractivity contribution in [1.82, 2.24) is 14.8 Å². The Hall–Kier alpha value is -5.10. The monoisotopic (exact) mass is 665 g/mol. The third-order valence-electron chi connectivity index (χ3n) is 8.28. The van der Waals surface area contributed by atoms with Crippen molar-refractivity contribution < 1.29 is 36.3 Å². The summed E-state index contributed by atoms with van der Waals surface area (Å²) in [7, 11) is 6.23. The van der Waals surface area contributed by atoms with Crippen molar-refractivity contribution in [2.24, 2.45) is 7.05 Å². The fourth-order valence-electron chi connectivity index (χ4n) is 5.92. The van der Waals surface area contributed by atoms with Crippen LogP contribution in [0.2, 0.25) is 0 Å². The summed E-state index contributed by atoms with van der Waals surface area (Å²) in [5, 5.41) is 2.88. The van der Waals surface area contributed by atoms with Gasteiger partial charge in [0.25, 0.3) is 11.5 Å². The molecule has 0 radical (unpaired) electrons.